The second-order valence-corrected chi connectivity index (χ2v) is 2.75. The molecule has 1 amide bonds. The average molecular weight is 186 g/mol. The molecule has 0 bridgehead atoms. The second-order valence-electron chi connectivity index (χ2n) is 1.89. The number of amides is 1. The Morgan fingerprint density at radius 2 is 2.42 bits per heavy atom. The van der Waals surface area contributed by atoms with E-state index in [1.54, 1.807) is 0 Å². The molecule has 0 atom stereocenters. The van der Waals surface area contributed by atoms with Gasteiger partial charge in [0.1, 0.15) is 5.82 Å². The van der Waals surface area contributed by atoms with Crippen molar-refractivity contribution in [3.05, 3.63) is 10.4 Å². The summed E-state index contributed by atoms with van der Waals surface area (Å²) in [7, 11) is 0. The summed E-state index contributed by atoms with van der Waals surface area (Å²) in [5.41, 5.74) is 9.89. The Morgan fingerprint density at radius 3 is 2.75 bits per heavy atom. The normalized spacial score (nSPS) is 11.5. The number of nitrogens with zero attached hydrogens (tertiary/aromatic N) is 2. The van der Waals surface area contributed by atoms with Gasteiger partial charge in [-0.25, -0.2) is 4.98 Å². The maximum absolute atomic E-state index is 10.6. The van der Waals surface area contributed by atoms with E-state index in [2.05, 4.69) is 10.1 Å². The van der Waals surface area contributed by atoms with E-state index in [0.717, 1.165) is 11.3 Å². The Bertz CT molecular complexity index is 332. The van der Waals surface area contributed by atoms with E-state index in [1.807, 2.05) is 0 Å². The molecule has 6 nitrogen and oxygen atoms in total. The molecule has 0 saturated carbocycles. The predicted octanol–water partition coefficient (Wildman–Crippen LogP) is -0.611. The van der Waals surface area contributed by atoms with Crippen molar-refractivity contribution in [1.29, 1.82) is 0 Å². The van der Waals surface area contributed by atoms with Crippen LogP contribution in [-0.2, 0) is 4.79 Å². The van der Waals surface area contributed by atoms with Crippen LogP contribution in [0.1, 0.15) is 5.01 Å². The zero-order valence-electron chi connectivity index (χ0n) is 5.89. The number of rotatable bonds is 2. The van der Waals surface area contributed by atoms with E-state index in [0.29, 0.717) is 0 Å². The summed E-state index contributed by atoms with van der Waals surface area (Å²) in [5, 5.41) is 12.8. The standard InChI is InChI=1S/C5H6N4O2S/c6-2-1-12-5(8-2)3(9-11)4(7)10/h1,11H,6H2,(H2,7,10)/b9-3+. The van der Waals surface area contributed by atoms with Gasteiger partial charge in [-0.05, 0) is 0 Å². The Labute approximate surface area is 71.5 Å². The Hall–Kier alpha value is -1.63. The molecule has 1 heterocycles. The topological polar surface area (TPSA) is 115 Å². The van der Waals surface area contributed by atoms with Crippen molar-refractivity contribution in [3.63, 3.8) is 0 Å². The minimum Gasteiger partial charge on any atom is -0.410 e. The maximum Gasteiger partial charge on any atom is 0.273 e. The molecular formula is C5H6N4O2S. The van der Waals surface area contributed by atoms with Crippen molar-refractivity contribution in [1.82, 2.24) is 4.98 Å². The molecule has 1 rings (SSSR count). The zero-order chi connectivity index (χ0) is 9.14. The minimum absolute atomic E-state index is 0.211. The highest BCUT2D eigenvalue weighted by Crippen LogP contribution is 2.11. The molecule has 5 N–H and O–H groups in total. The monoisotopic (exact) mass is 186 g/mol. The third-order valence-corrected chi connectivity index (χ3v) is 1.93. The van der Waals surface area contributed by atoms with Crippen molar-refractivity contribution < 1.29 is 10.0 Å². The smallest absolute Gasteiger partial charge is 0.273 e. The number of aromatic nitrogens is 1. The number of thiazole rings is 1. The SMILES string of the molecule is NC(=O)/C(=N\O)c1nc(N)cs1. The number of carbonyl (C=O) groups excluding carboxylic acids is 1. The number of carbonyl (C=O) groups is 1. The van der Waals surface area contributed by atoms with Crippen LogP contribution >= 0.6 is 11.3 Å². The van der Waals surface area contributed by atoms with Crippen LogP contribution in [-0.4, -0.2) is 21.8 Å². The Balaban J connectivity index is 3.04. The van der Waals surface area contributed by atoms with Gasteiger partial charge in [-0.15, -0.1) is 11.3 Å². The minimum atomic E-state index is -0.841. The van der Waals surface area contributed by atoms with Gasteiger partial charge in [-0.1, -0.05) is 5.16 Å². The van der Waals surface area contributed by atoms with Crippen LogP contribution in [0.25, 0.3) is 0 Å². The molecule has 0 unspecified atom stereocenters. The number of nitrogens with two attached hydrogens (primary N) is 2. The van der Waals surface area contributed by atoms with E-state index < -0.39 is 5.91 Å². The Kier molecular flexibility index (Phi) is 2.24. The summed E-state index contributed by atoms with van der Waals surface area (Å²) < 4.78 is 0. The molecule has 0 saturated heterocycles. The summed E-state index contributed by atoms with van der Waals surface area (Å²) in [6.45, 7) is 0. The number of anilines is 1. The van der Waals surface area contributed by atoms with Crippen LogP contribution in [0, 0.1) is 0 Å². The van der Waals surface area contributed by atoms with E-state index in [4.69, 9.17) is 16.7 Å². The lowest BCUT2D eigenvalue weighted by molar-refractivity contribution is -0.112. The number of oxime groups is 1. The van der Waals surface area contributed by atoms with Gasteiger partial charge in [0.25, 0.3) is 5.91 Å². The van der Waals surface area contributed by atoms with Crippen molar-refractivity contribution in [3.8, 4) is 0 Å². The van der Waals surface area contributed by atoms with Gasteiger partial charge in [0.15, 0.2) is 5.01 Å². The first-order chi connectivity index (χ1) is 5.65. The first-order valence-electron chi connectivity index (χ1n) is 2.88. The van der Waals surface area contributed by atoms with Gasteiger partial charge in [0.05, 0.1) is 0 Å². The maximum atomic E-state index is 10.6. The van der Waals surface area contributed by atoms with E-state index in [9.17, 15) is 4.79 Å². The third kappa shape index (κ3) is 1.51. The molecule has 64 valence electrons. The van der Waals surface area contributed by atoms with Crippen LogP contribution in [0.5, 0.6) is 0 Å². The summed E-state index contributed by atoms with van der Waals surface area (Å²) in [5.74, 6) is -0.579. The molecule has 12 heavy (non-hydrogen) atoms. The molecule has 0 aliphatic carbocycles. The first-order valence-corrected chi connectivity index (χ1v) is 3.76. The lowest BCUT2D eigenvalue weighted by atomic mass is 10.4. The quantitative estimate of drug-likeness (QED) is 0.324. The largest absolute Gasteiger partial charge is 0.410 e. The van der Waals surface area contributed by atoms with Crippen molar-refractivity contribution >= 4 is 28.8 Å². The molecule has 0 spiro atoms. The molecule has 1 aromatic rings. The van der Waals surface area contributed by atoms with Crippen LogP contribution in [0.4, 0.5) is 5.82 Å². The van der Waals surface area contributed by atoms with Crippen LogP contribution in [0.3, 0.4) is 0 Å². The number of nitrogen functional groups attached to an aromatic ring is 1. The lowest BCUT2D eigenvalue weighted by Gasteiger charge is -1.91. The molecule has 1 aromatic heterocycles. The van der Waals surface area contributed by atoms with Crippen LogP contribution in [0.15, 0.2) is 10.5 Å². The second kappa shape index (κ2) is 3.18. The summed E-state index contributed by atoms with van der Waals surface area (Å²) in [4.78, 5) is 14.3. The van der Waals surface area contributed by atoms with Gasteiger partial charge in [0.2, 0.25) is 5.71 Å². The zero-order valence-corrected chi connectivity index (χ0v) is 6.71. The summed E-state index contributed by atoms with van der Waals surface area (Å²) >= 11 is 1.08. The highest BCUT2D eigenvalue weighted by Gasteiger charge is 2.14. The summed E-state index contributed by atoms with van der Waals surface area (Å²) in [6.07, 6.45) is 0. The molecule has 0 fully saturated rings. The highest BCUT2D eigenvalue weighted by atomic mass is 32.1. The molecule has 7 heteroatoms. The fourth-order valence-electron chi connectivity index (χ4n) is 0.592. The van der Waals surface area contributed by atoms with Gasteiger partial charge < -0.3 is 16.7 Å². The van der Waals surface area contributed by atoms with E-state index >= 15 is 0 Å². The molecule has 0 aliphatic rings. The molecule has 0 aromatic carbocycles. The van der Waals surface area contributed by atoms with Crippen LogP contribution in [0.2, 0.25) is 0 Å². The van der Waals surface area contributed by atoms with Gasteiger partial charge in [-0.2, -0.15) is 0 Å². The highest BCUT2D eigenvalue weighted by molar-refractivity contribution is 7.13. The predicted molar refractivity (Wildman–Crippen MR) is 44.0 cm³/mol. The molecule has 0 radical (unpaired) electrons. The van der Waals surface area contributed by atoms with Gasteiger partial charge in [0, 0.05) is 5.38 Å². The van der Waals surface area contributed by atoms with E-state index in [-0.39, 0.29) is 16.5 Å². The van der Waals surface area contributed by atoms with E-state index in [1.165, 1.54) is 5.38 Å². The van der Waals surface area contributed by atoms with Gasteiger partial charge >= 0.3 is 0 Å². The fraction of sp³-hybridized carbons (Fsp3) is 0. The van der Waals surface area contributed by atoms with Crippen molar-refractivity contribution in [2.24, 2.45) is 10.9 Å². The van der Waals surface area contributed by atoms with Crippen molar-refractivity contribution in [2.75, 3.05) is 5.73 Å². The number of primary amides is 1. The molecule has 0 aliphatic heterocycles. The third-order valence-electron chi connectivity index (χ3n) is 1.06. The number of hydrogen-bond acceptors (Lipinski definition) is 6. The first kappa shape index (κ1) is 8.47. The number of hydrogen-bond donors (Lipinski definition) is 3. The average Bonchev–Trinajstić information content (AvgIpc) is 2.37. The van der Waals surface area contributed by atoms with Crippen molar-refractivity contribution in [2.45, 2.75) is 0 Å². The fourth-order valence-corrected chi connectivity index (χ4v) is 1.29. The van der Waals surface area contributed by atoms with Gasteiger partial charge in [-0.3, -0.25) is 4.79 Å². The Morgan fingerprint density at radius 1 is 1.75 bits per heavy atom. The molecular weight excluding hydrogens is 180 g/mol. The lowest BCUT2D eigenvalue weighted by Crippen LogP contribution is -2.24. The summed E-state index contributed by atoms with van der Waals surface area (Å²) in [6, 6.07) is 0. The van der Waals surface area contributed by atoms with Crippen LogP contribution < -0.4 is 11.5 Å².